The lowest BCUT2D eigenvalue weighted by Crippen LogP contribution is -1.99. The van der Waals surface area contributed by atoms with Crippen molar-refractivity contribution >= 4 is 27.9 Å². The fraction of sp³-hybridized carbons (Fsp3) is 0.0909. The second-order valence-electron chi connectivity index (χ2n) is 3.47. The number of hydrogen-bond acceptors (Lipinski definition) is 4. The minimum Gasteiger partial charge on any atom is -0.379 e. The summed E-state index contributed by atoms with van der Waals surface area (Å²) in [5, 5.41) is 13.5. The lowest BCUT2D eigenvalue weighted by molar-refractivity contribution is 1.08. The minimum atomic E-state index is 0.744. The predicted molar refractivity (Wildman–Crippen MR) is 65.5 cm³/mol. The highest BCUT2D eigenvalue weighted by Gasteiger charge is 2.02. The summed E-state index contributed by atoms with van der Waals surface area (Å²) in [5.41, 5.74) is 5.03. The minimum absolute atomic E-state index is 0.744. The highest BCUT2D eigenvalue weighted by Crippen LogP contribution is 2.21. The van der Waals surface area contributed by atoms with Gasteiger partial charge in [-0.25, -0.2) is 4.98 Å². The van der Waals surface area contributed by atoms with E-state index in [0.717, 1.165) is 28.8 Å². The number of aromatic amines is 1. The van der Waals surface area contributed by atoms with E-state index in [1.165, 1.54) is 0 Å². The van der Waals surface area contributed by atoms with Gasteiger partial charge in [0.15, 0.2) is 0 Å². The average Bonchev–Trinajstić information content (AvgIpc) is 2.97. The van der Waals surface area contributed by atoms with E-state index in [0.29, 0.717) is 0 Å². The van der Waals surface area contributed by atoms with Gasteiger partial charge in [-0.15, -0.1) is 11.3 Å². The number of nitrogens with one attached hydrogen (secondary N) is 2. The first-order valence-corrected chi connectivity index (χ1v) is 5.91. The van der Waals surface area contributed by atoms with Gasteiger partial charge in [-0.2, -0.15) is 5.10 Å². The first kappa shape index (κ1) is 9.35. The summed E-state index contributed by atoms with van der Waals surface area (Å²) in [6, 6.07) is 6.06. The first-order valence-electron chi connectivity index (χ1n) is 4.96. The lowest BCUT2D eigenvalue weighted by Gasteiger charge is -2.05. The van der Waals surface area contributed by atoms with Crippen molar-refractivity contribution < 1.29 is 0 Å². The molecule has 1 aromatic carbocycles. The molecule has 4 nitrogen and oxygen atoms in total. The number of aromatic nitrogens is 3. The molecule has 2 aromatic heterocycles. The Kier molecular flexibility index (Phi) is 2.30. The van der Waals surface area contributed by atoms with Crippen LogP contribution < -0.4 is 5.32 Å². The molecule has 0 saturated carbocycles. The molecule has 3 rings (SSSR count). The molecule has 0 unspecified atom stereocenters. The number of H-pyrrole nitrogens is 1. The van der Waals surface area contributed by atoms with Crippen LogP contribution in [0.4, 0.5) is 5.69 Å². The summed E-state index contributed by atoms with van der Waals surface area (Å²) in [7, 11) is 0. The molecule has 2 heterocycles. The topological polar surface area (TPSA) is 53.6 Å². The molecule has 0 bridgehead atoms. The summed E-state index contributed by atoms with van der Waals surface area (Å²) in [6.45, 7) is 0.744. The van der Waals surface area contributed by atoms with Crippen LogP contribution in [-0.4, -0.2) is 15.2 Å². The van der Waals surface area contributed by atoms with Gasteiger partial charge in [0.05, 0.1) is 29.5 Å². The van der Waals surface area contributed by atoms with E-state index in [1.807, 2.05) is 35.3 Å². The quantitative estimate of drug-likeness (QED) is 0.727. The zero-order valence-corrected chi connectivity index (χ0v) is 9.29. The second kappa shape index (κ2) is 3.94. The summed E-state index contributed by atoms with van der Waals surface area (Å²) in [6.07, 6.45) is 1.83. The molecule has 0 aliphatic carbocycles. The van der Waals surface area contributed by atoms with Crippen molar-refractivity contribution in [3.63, 3.8) is 0 Å². The lowest BCUT2D eigenvalue weighted by atomic mass is 10.2. The zero-order valence-electron chi connectivity index (χ0n) is 8.47. The Balaban J connectivity index is 1.86. The van der Waals surface area contributed by atoms with Crippen molar-refractivity contribution in [2.75, 3.05) is 5.32 Å². The van der Waals surface area contributed by atoms with E-state index in [1.54, 1.807) is 11.3 Å². The zero-order chi connectivity index (χ0) is 10.8. The third-order valence-corrected chi connectivity index (χ3v) is 3.06. The van der Waals surface area contributed by atoms with Crippen LogP contribution in [0.5, 0.6) is 0 Å². The van der Waals surface area contributed by atoms with Crippen molar-refractivity contribution in [3.05, 3.63) is 41.0 Å². The van der Waals surface area contributed by atoms with Crippen LogP contribution >= 0.6 is 11.3 Å². The largest absolute Gasteiger partial charge is 0.379 e. The van der Waals surface area contributed by atoms with Gasteiger partial charge in [-0.1, -0.05) is 6.07 Å². The monoisotopic (exact) mass is 230 g/mol. The molecule has 0 radical (unpaired) electrons. The molecule has 0 aliphatic rings. The van der Waals surface area contributed by atoms with Crippen LogP contribution in [0.15, 0.2) is 35.3 Å². The van der Waals surface area contributed by atoms with Crippen molar-refractivity contribution in [3.8, 4) is 0 Å². The van der Waals surface area contributed by atoms with Crippen LogP contribution in [0, 0.1) is 0 Å². The van der Waals surface area contributed by atoms with Crippen molar-refractivity contribution in [2.45, 2.75) is 6.54 Å². The Morgan fingerprint density at radius 3 is 3.25 bits per heavy atom. The van der Waals surface area contributed by atoms with Crippen LogP contribution in [0.1, 0.15) is 5.69 Å². The number of fused-ring (bicyclic) bond motifs is 1. The summed E-state index contributed by atoms with van der Waals surface area (Å²) < 4.78 is 0. The number of rotatable bonds is 3. The Labute approximate surface area is 96.3 Å². The molecule has 0 saturated heterocycles. The SMILES string of the molecule is c1cc(NCc2cscn2)c2cn[nH]c2c1. The Hall–Kier alpha value is -1.88. The highest BCUT2D eigenvalue weighted by atomic mass is 32.1. The van der Waals surface area contributed by atoms with E-state index in [4.69, 9.17) is 0 Å². The number of benzene rings is 1. The molecular formula is C11H10N4S. The Morgan fingerprint density at radius 2 is 2.38 bits per heavy atom. The van der Waals surface area contributed by atoms with Crippen molar-refractivity contribution in [1.29, 1.82) is 0 Å². The Bertz CT molecular complexity index is 585. The summed E-state index contributed by atoms with van der Waals surface area (Å²) in [5.74, 6) is 0. The molecule has 0 aliphatic heterocycles. The maximum Gasteiger partial charge on any atom is 0.0795 e. The molecule has 16 heavy (non-hydrogen) atoms. The smallest absolute Gasteiger partial charge is 0.0795 e. The molecule has 5 heteroatoms. The third kappa shape index (κ3) is 1.65. The van der Waals surface area contributed by atoms with Gasteiger partial charge in [0.25, 0.3) is 0 Å². The third-order valence-electron chi connectivity index (χ3n) is 2.43. The molecule has 0 amide bonds. The van der Waals surface area contributed by atoms with Crippen molar-refractivity contribution in [1.82, 2.24) is 15.2 Å². The van der Waals surface area contributed by atoms with E-state index < -0.39 is 0 Å². The molecule has 0 spiro atoms. The van der Waals surface area contributed by atoms with Crippen LogP contribution in [-0.2, 0) is 6.54 Å². The summed E-state index contributed by atoms with van der Waals surface area (Å²) in [4.78, 5) is 4.23. The predicted octanol–water partition coefficient (Wildman–Crippen LogP) is 2.63. The fourth-order valence-corrected chi connectivity index (χ4v) is 2.19. The van der Waals surface area contributed by atoms with Gasteiger partial charge < -0.3 is 5.32 Å². The molecule has 2 N–H and O–H groups in total. The van der Waals surface area contributed by atoms with Gasteiger partial charge in [0, 0.05) is 16.5 Å². The second-order valence-corrected chi connectivity index (χ2v) is 4.19. The fourth-order valence-electron chi connectivity index (χ4n) is 1.63. The van der Waals surface area contributed by atoms with Gasteiger partial charge in [0.2, 0.25) is 0 Å². The number of hydrogen-bond donors (Lipinski definition) is 2. The number of nitrogens with zero attached hydrogens (tertiary/aromatic N) is 2. The number of anilines is 1. The average molecular weight is 230 g/mol. The molecular weight excluding hydrogens is 220 g/mol. The summed E-state index contributed by atoms with van der Waals surface area (Å²) >= 11 is 1.61. The Morgan fingerprint density at radius 1 is 1.38 bits per heavy atom. The maximum atomic E-state index is 4.23. The van der Waals surface area contributed by atoms with Crippen molar-refractivity contribution in [2.24, 2.45) is 0 Å². The van der Waals surface area contributed by atoms with Gasteiger partial charge >= 0.3 is 0 Å². The standard InChI is InChI=1S/C11H10N4S/c1-2-10(9-5-14-15-11(9)3-1)12-4-8-6-16-7-13-8/h1-3,5-7,12H,4H2,(H,14,15). The molecule has 0 atom stereocenters. The van der Waals surface area contributed by atoms with E-state index in [-0.39, 0.29) is 0 Å². The maximum absolute atomic E-state index is 4.23. The van der Waals surface area contributed by atoms with E-state index in [9.17, 15) is 0 Å². The van der Waals surface area contributed by atoms with Gasteiger partial charge in [0.1, 0.15) is 0 Å². The van der Waals surface area contributed by atoms with Gasteiger partial charge in [-0.3, -0.25) is 5.10 Å². The van der Waals surface area contributed by atoms with Crippen LogP contribution in [0.25, 0.3) is 10.9 Å². The van der Waals surface area contributed by atoms with Crippen LogP contribution in [0.2, 0.25) is 0 Å². The van der Waals surface area contributed by atoms with Crippen LogP contribution in [0.3, 0.4) is 0 Å². The highest BCUT2D eigenvalue weighted by molar-refractivity contribution is 7.07. The van der Waals surface area contributed by atoms with E-state index >= 15 is 0 Å². The molecule has 0 fully saturated rings. The van der Waals surface area contributed by atoms with E-state index in [2.05, 4.69) is 20.5 Å². The van der Waals surface area contributed by atoms with Gasteiger partial charge in [-0.05, 0) is 12.1 Å². The normalized spacial score (nSPS) is 10.8. The molecule has 80 valence electrons. The number of thiazole rings is 1. The first-order chi connectivity index (χ1) is 7.93. The molecule has 3 aromatic rings.